The van der Waals surface area contributed by atoms with Crippen LogP contribution in [0.2, 0.25) is 0 Å². The van der Waals surface area contributed by atoms with E-state index in [4.69, 9.17) is 14.2 Å². The first-order valence-electron chi connectivity index (χ1n) is 10.1. The van der Waals surface area contributed by atoms with E-state index in [1.165, 1.54) is 0 Å². The molecule has 0 bridgehead atoms. The Hall–Kier alpha value is -3.06. The van der Waals surface area contributed by atoms with Gasteiger partial charge in [0.1, 0.15) is 5.75 Å². The Bertz CT molecular complexity index is 847. The number of esters is 1. The number of para-hydroxylation sites is 1. The molecule has 2 aromatic rings. The lowest BCUT2D eigenvalue weighted by Crippen LogP contribution is -2.36. The van der Waals surface area contributed by atoms with Gasteiger partial charge < -0.3 is 24.4 Å². The molecule has 1 saturated heterocycles. The number of rotatable bonds is 8. The number of hydrogen-bond acceptors (Lipinski definition) is 6. The Kier molecular flexibility index (Phi) is 7.68. The zero-order valence-corrected chi connectivity index (χ0v) is 17.4. The summed E-state index contributed by atoms with van der Waals surface area (Å²) < 4.78 is 16.2. The van der Waals surface area contributed by atoms with E-state index in [1.54, 1.807) is 6.92 Å². The van der Waals surface area contributed by atoms with Crippen LogP contribution in [-0.2, 0) is 19.1 Å². The average molecular weight is 412 g/mol. The number of hydrogen-bond donors (Lipinski definition) is 1. The molecule has 7 nitrogen and oxygen atoms in total. The van der Waals surface area contributed by atoms with Gasteiger partial charge in [-0.15, -0.1) is 0 Å². The van der Waals surface area contributed by atoms with E-state index in [2.05, 4.69) is 10.2 Å². The standard InChI is InChI=1S/C23H28N2O5/c1-17-5-3-4-6-21(17)29-14-11-22(26)30-18(2)23(27)24-19-7-9-20(10-8-19)25-12-15-28-16-13-25/h3-10,18H,11-16H2,1-2H3,(H,24,27)/t18-/m1/s1. The summed E-state index contributed by atoms with van der Waals surface area (Å²) in [5.74, 6) is -0.118. The summed E-state index contributed by atoms with van der Waals surface area (Å²) in [6, 6.07) is 15.2. The van der Waals surface area contributed by atoms with Gasteiger partial charge in [0.2, 0.25) is 0 Å². The summed E-state index contributed by atoms with van der Waals surface area (Å²) in [5.41, 5.74) is 2.74. The van der Waals surface area contributed by atoms with Crippen molar-refractivity contribution >= 4 is 23.3 Å². The first kappa shape index (κ1) is 21.6. The fraction of sp³-hybridized carbons (Fsp3) is 0.391. The molecule has 160 valence electrons. The molecule has 3 rings (SSSR count). The molecule has 0 radical (unpaired) electrons. The fourth-order valence-corrected chi connectivity index (χ4v) is 3.09. The fourth-order valence-electron chi connectivity index (χ4n) is 3.09. The van der Waals surface area contributed by atoms with Gasteiger partial charge in [-0.1, -0.05) is 18.2 Å². The molecule has 1 aliphatic heterocycles. The number of ether oxygens (including phenoxy) is 3. The Morgan fingerprint density at radius 2 is 1.80 bits per heavy atom. The van der Waals surface area contributed by atoms with Gasteiger partial charge >= 0.3 is 5.97 Å². The Balaban J connectivity index is 1.41. The molecule has 0 unspecified atom stereocenters. The molecule has 0 aliphatic carbocycles. The summed E-state index contributed by atoms with van der Waals surface area (Å²) >= 11 is 0. The summed E-state index contributed by atoms with van der Waals surface area (Å²) in [6.45, 7) is 6.83. The highest BCUT2D eigenvalue weighted by atomic mass is 16.5. The van der Waals surface area contributed by atoms with Crippen LogP contribution in [0.3, 0.4) is 0 Å². The van der Waals surface area contributed by atoms with E-state index in [1.807, 2.05) is 55.5 Å². The zero-order chi connectivity index (χ0) is 21.3. The minimum absolute atomic E-state index is 0.0696. The number of benzene rings is 2. The topological polar surface area (TPSA) is 77.1 Å². The van der Waals surface area contributed by atoms with Gasteiger partial charge in [0.15, 0.2) is 6.10 Å². The van der Waals surface area contributed by atoms with Crippen LogP contribution in [0.1, 0.15) is 18.9 Å². The second-order valence-electron chi connectivity index (χ2n) is 7.13. The normalized spacial score (nSPS) is 14.7. The minimum Gasteiger partial charge on any atom is -0.493 e. The second kappa shape index (κ2) is 10.6. The number of anilines is 2. The summed E-state index contributed by atoms with van der Waals surface area (Å²) in [5, 5.41) is 2.78. The molecule has 0 spiro atoms. The van der Waals surface area contributed by atoms with Crippen molar-refractivity contribution in [3.63, 3.8) is 0 Å². The predicted molar refractivity (Wildman–Crippen MR) is 115 cm³/mol. The molecule has 1 aliphatic rings. The van der Waals surface area contributed by atoms with Gasteiger partial charge in [0, 0.05) is 24.5 Å². The molecule has 1 fully saturated rings. The molecule has 1 atom stereocenters. The molecular formula is C23H28N2O5. The molecule has 0 aromatic heterocycles. The van der Waals surface area contributed by atoms with Crippen molar-refractivity contribution in [3.8, 4) is 5.75 Å². The number of carbonyl (C=O) groups is 2. The van der Waals surface area contributed by atoms with Crippen LogP contribution < -0.4 is 15.0 Å². The van der Waals surface area contributed by atoms with Crippen molar-refractivity contribution in [2.45, 2.75) is 26.4 Å². The van der Waals surface area contributed by atoms with Crippen molar-refractivity contribution in [1.82, 2.24) is 0 Å². The largest absolute Gasteiger partial charge is 0.493 e. The summed E-state index contributed by atoms with van der Waals surface area (Å²) in [4.78, 5) is 26.6. The predicted octanol–water partition coefficient (Wildman–Crippen LogP) is 3.17. The number of carbonyl (C=O) groups excluding carboxylic acids is 2. The first-order valence-corrected chi connectivity index (χ1v) is 10.1. The number of aryl methyl sites for hydroxylation is 1. The van der Waals surface area contributed by atoms with E-state index < -0.39 is 12.1 Å². The van der Waals surface area contributed by atoms with Crippen LogP contribution >= 0.6 is 0 Å². The summed E-state index contributed by atoms with van der Waals surface area (Å²) in [6.07, 6.45) is -0.824. The monoisotopic (exact) mass is 412 g/mol. The van der Waals surface area contributed by atoms with Gasteiger partial charge in [-0.05, 0) is 49.7 Å². The van der Waals surface area contributed by atoms with Crippen LogP contribution in [0.25, 0.3) is 0 Å². The van der Waals surface area contributed by atoms with Gasteiger partial charge in [0.25, 0.3) is 5.91 Å². The van der Waals surface area contributed by atoms with Crippen LogP contribution in [0.5, 0.6) is 5.75 Å². The lowest BCUT2D eigenvalue weighted by atomic mass is 10.2. The average Bonchev–Trinajstić information content (AvgIpc) is 2.76. The Morgan fingerprint density at radius 1 is 1.10 bits per heavy atom. The zero-order valence-electron chi connectivity index (χ0n) is 17.4. The van der Waals surface area contributed by atoms with Gasteiger partial charge in [-0.3, -0.25) is 9.59 Å². The quantitative estimate of drug-likeness (QED) is 0.671. The Labute approximate surface area is 176 Å². The lowest BCUT2D eigenvalue weighted by Gasteiger charge is -2.28. The van der Waals surface area contributed by atoms with E-state index in [0.717, 1.165) is 43.3 Å². The second-order valence-corrected chi connectivity index (χ2v) is 7.13. The molecule has 2 aromatic carbocycles. The van der Waals surface area contributed by atoms with Crippen molar-refractivity contribution in [2.75, 3.05) is 43.1 Å². The highest BCUT2D eigenvalue weighted by Crippen LogP contribution is 2.19. The van der Waals surface area contributed by atoms with Crippen molar-refractivity contribution in [1.29, 1.82) is 0 Å². The van der Waals surface area contributed by atoms with Crippen LogP contribution in [0, 0.1) is 6.92 Å². The number of nitrogens with one attached hydrogen (secondary N) is 1. The smallest absolute Gasteiger partial charge is 0.310 e. The highest BCUT2D eigenvalue weighted by Gasteiger charge is 2.18. The van der Waals surface area contributed by atoms with Gasteiger partial charge in [0.05, 0.1) is 26.2 Å². The number of nitrogens with zero attached hydrogens (tertiary/aromatic N) is 1. The third-order valence-corrected chi connectivity index (χ3v) is 4.85. The molecule has 1 amide bonds. The molecule has 1 heterocycles. The molecule has 7 heteroatoms. The van der Waals surface area contributed by atoms with E-state index in [-0.39, 0.29) is 18.9 Å². The SMILES string of the molecule is Cc1ccccc1OCCC(=O)O[C@H](C)C(=O)Nc1ccc(N2CCOCC2)cc1. The maximum Gasteiger partial charge on any atom is 0.310 e. The third-order valence-electron chi connectivity index (χ3n) is 4.85. The number of amides is 1. The molecule has 30 heavy (non-hydrogen) atoms. The highest BCUT2D eigenvalue weighted by molar-refractivity contribution is 5.95. The third kappa shape index (κ3) is 6.22. The maximum absolute atomic E-state index is 12.3. The van der Waals surface area contributed by atoms with E-state index in [9.17, 15) is 9.59 Å². The number of morpholine rings is 1. The molecule has 0 saturated carbocycles. The lowest BCUT2D eigenvalue weighted by molar-refractivity contribution is -0.153. The van der Waals surface area contributed by atoms with E-state index in [0.29, 0.717) is 5.69 Å². The maximum atomic E-state index is 12.3. The van der Waals surface area contributed by atoms with Crippen LogP contribution in [0.4, 0.5) is 11.4 Å². The van der Waals surface area contributed by atoms with Crippen LogP contribution in [0.15, 0.2) is 48.5 Å². The molecular weight excluding hydrogens is 384 g/mol. The first-order chi connectivity index (χ1) is 14.5. The van der Waals surface area contributed by atoms with Gasteiger partial charge in [-0.25, -0.2) is 0 Å². The van der Waals surface area contributed by atoms with Crippen LogP contribution in [-0.4, -0.2) is 50.9 Å². The Morgan fingerprint density at radius 3 is 2.50 bits per heavy atom. The van der Waals surface area contributed by atoms with Crippen molar-refractivity contribution < 1.29 is 23.8 Å². The minimum atomic E-state index is -0.894. The van der Waals surface area contributed by atoms with Crippen molar-refractivity contribution in [3.05, 3.63) is 54.1 Å². The van der Waals surface area contributed by atoms with E-state index >= 15 is 0 Å². The summed E-state index contributed by atoms with van der Waals surface area (Å²) in [7, 11) is 0. The van der Waals surface area contributed by atoms with Crippen molar-refractivity contribution in [2.24, 2.45) is 0 Å². The van der Waals surface area contributed by atoms with Gasteiger partial charge in [-0.2, -0.15) is 0 Å². The molecule has 1 N–H and O–H groups in total.